The van der Waals surface area contributed by atoms with Crippen LogP contribution in [-0.2, 0) is 16.1 Å². The van der Waals surface area contributed by atoms with Crippen molar-refractivity contribution in [3.63, 3.8) is 0 Å². The summed E-state index contributed by atoms with van der Waals surface area (Å²) in [5, 5.41) is 9.79. The lowest BCUT2D eigenvalue weighted by atomic mass is 10.1. The maximum Gasteiger partial charge on any atom is 0.324 e. The number of hydrogen-bond donors (Lipinski definition) is 2. The fourth-order valence-corrected chi connectivity index (χ4v) is 3.02. The first-order chi connectivity index (χ1) is 13.0. The molecule has 2 N–H and O–H groups in total. The van der Waals surface area contributed by atoms with Gasteiger partial charge in [0.05, 0.1) is 24.4 Å². The van der Waals surface area contributed by atoms with E-state index in [1.165, 1.54) is 9.80 Å². The minimum atomic E-state index is -0.791. The first kappa shape index (κ1) is 18.6. The van der Waals surface area contributed by atoms with Crippen LogP contribution in [0, 0.1) is 0 Å². The van der Waals surface area contributed by atoms with E-state index in [2.05, 4.69) is 15.5 Å². The molecule has 2 heterocycles. The Kier molecular flexibility index (Phi) is 5.54. The average molecular weight is 369 g/mol. The summed E-state index contributed by atoms with van der Waals surface area (Å²) in [6.45, 7) is 2.59. The van der Waals surface area contributed by atoms with Crippen LogP contribution in [0.5, 0.6) is 0 Å². The fraction of sp³-hybridized carbons (Fsp3) is 0.368. The number of H-pyrrole nitrogens is 1. The summed E-state index contributed by atoms with van der Waals surface area (Å²) < 4.78 is 0. The van der Waals surface area contributed by atoms with Gasteiger partial charge in [-0.1, -0.05) is 37.3 Å². The highest BCUT2D eigenvalue weighted by Gasteiger charge is 2.38. The van der Waals surface area contributed by atoms with E-state index in [0.717, 1.165) is 17.0 Å². The Balaban J connectivity index is 1.58. The molecule has 0 saturated carbocycles. The number of nitrogens with zero attached hydrogens (tertiary/aromatic N) is 3. The average Bonchev–Trinajstić information content (AvgIpc) is 3.23. The SMILES string of the molecule is CCCN1C(=O)N[C@H](CC(=O)N(C)Cc2cc(-c3ccccc3)n[nH]2)C1=O. The second-order valence-corrected chi connectivity index (χ2v) is 6.59. The molecule has 1 fully saturated rings. The summed E-state index contributed by atoms with van der Waals surface area (Å²) in [4.78, 5) is 39.2. The predicted octanol–water partition coefficient (Wildman–Crippen LogP) is 1.76. The maximum atomic E-state index is 12.5. The van der Waals surface area contributed by atoms with Gasteiger partial charge in [-0.3, -0.25) is 19.6 Å². The van der Waals surface area contributed by atoms with Crippen molar-refractivity contribution < 1.29 is 14.4 Å². The maximum absolute atomic E-state index is 12.5. The molecule has 0 aliphatic carbocycles. The number of benzene rings is 1. The van der Waals surface area contributed by atoms with Gasteiger partial charge in [0.25, 0.3) is 5.91 Å². The molecule has 27 heavy (non-hydrogen) atoms. The number of hydrogen-bond acceptors (Lipinski definition) is 4. The lowest BCUT2D eigenvalue weighted by molar-refractivity contribution is -0.135. The van der Waals surface area contributed by atoms with Gasteiger partial charge in [-0.05, 0) is 12.5 Å². The van der Waals surface area contributed by atoms with Gasteiger partial charge in [-0.2, -0.15) is 5.10 Å². The van der Waals surface area contributed by atoms with Crippen molar-refractivity contribution in [2.75, 3.05) is 13.6 Å². The van der Waals surface area contributed by atoms with Crippen molar-refractivity contribution >= 4 is 17.8 Å². The summed E-state index contributed by atoms with van der Waals surface area (Å²) in [6.07, 6.45) is 0.629. The van der Waals surface area contributed by atoms with Crippen molar-refractivity contribution in [3.05, 3.63) is 42.1 Å². The van der Waals surface area contributed by atoms with E-state index in [0.29, 0.717) is 19.5 Å². The summed E-state index contributed by atoms with van der Waals surface area (Å²) in [5.74, 6) is -0.556. The molecule has 4 amide bonds. The molecule has 0 unspecified atom stereocenters. The lowest BCUT2D eigenvalue weighted by Crippen LogP contribution is -2.37. The Hall–Kier alpha value is -3.16. The van der Waals surface area contributed by atoms with Crippen molar-refractivity contribution in [1.29, 1.82) is 0 Å². The first-order valence-electron chi connectivity index (χ1n) is 8.95. The number of aromatic amines is 1. The highest BCUT2D eigenvalue weighted by Crippen LogP contribution is 2.18. The van der Waals surface area contributed by atoms with Gasteiger partial charge in [0.1, 0.15) is 6.04 Å². The normalized spacial score (nSPS) is 16.5. The van der Waals surface area contributed by atoms with E-state index in [4.69, 9.17) is 0 Å². The highest BCUT2D eigenvalue weighted by molar-refractivity contribution is 6.05. The molecule has 1 atom stereocenters. The molecule has 1 aromatic carbocycles. The number of carbonyl (C=O) groups excluding carboxylic acids is 3. The van der Waals surface area contributed by atoms with Crippen LogP contribution in [0.4, 0.5) is 4.79 Å². The zero-order valence-electron chi connectivity index (χ0n) is 15.4. The zero-order valence-corrected chi connectivity index (χ0v) is 15.4. The third-order valence-electron chi connectivity index (χ3n) is 4.47. The van der Waals surface area contributed by atoms with E-state index in [9.17, 15) is 14.4 Å². The Morgan fingerprint density at radius 2 is 2.00 bits per heavy atom. The number of rotatable bonds is 7. The van der Waals surface area contributed by atoms with Crippen LogP contribution in [0.2, 0.25) is 0 Å². The van der Waals surface area contributed by atoms with Crippen molar-refractivity contribution in [3.8, 4) is 11.3 Å². The molecule has 1 aromatic heterocycles. The molecule has 0 radical (unpaired) electrons. The van der Waals surface area contributed by atoms with Crippen molar-refractivity contribution in [2.45, 2.75) is 32.4 Å². The highest BCUT2D eigenvalue weighted by atomic mass is 16.2. The molecular weight excluding hydrogens is 346 g/mol. The number of carbonyl (C=O) groups is 3. The molecule has 8 nitrogen and oxygen atoms in total. The molecule has 0 spiro atoms. The molecule has 0 bridgehead atoms. The third kappa shape index (κ3) is 4.16. The number of aromatic nitrogens is 2. The van der Waals surface area contributed by atoms with E-state index in [1.54, 1.807) is 7.05 Å². The predicted molar refractivity (Wildman–Crippen MR) is 99.4 cm³/mol. The van der Waals surface area contributed by atoms with Gasteiger partial charge in [0.15, 0.2) is 0 Å². The van der Waals surface area contributed by atoms with E-state index < -0.39 is 12.1 Å². The van der Waals surface area contributed by atoms with E-state index in [1.807, 2.05) is 43.3 Å². The van der Waals surface area contributed by atoms with Crippen LogP contribution in [0.3, 0.4) is 0 Å². The minimum Gasteiger partial charge on any atom is -0.340 e. The number of amides is 4. The molecule has 2 aromatic rings. The Morgan fingerprint density at radius 1 is 1.26 bits per heavy atom. The smallest absolute Gasteiger partial charge is 0.324 e. The van der Waals surface area contributed by atoms with E-state index in [-0.39, 0.29) is 18.2 Å². The van der Waals surface area contributed by atoms with Gasteiger partial charge in [-0.15, -0.1) is 0 Å². The standard InChI is InChI=1S/C19H23N5O3/c1-3-9-24-18(26)16(20-19(24)27)11-17(25)23(2)12-14-10-15(22-21-14)13-7-5-4-6-8-13/h4-8,10,16H,3,9,11-12H2,1-2H3,(H,20,27)(H,21,22)/t16-/m1/s1. The monoisotopic (exact) mass is 369 g/mol. The molecule has 1 aliphatic heterocycles. The first-order valence-corrected chi connectivity index (χ1v) is 8.95. The lowest BCUT2D eigenvalue weighted by Gasteiger charge is -2.18. The van der Waals surface area contributed by atoms with Crippen LogP contribution in [0.1, 0.15) is 25.5 Å². The molecule has 1 aliphatic rings. The molecule has 8 heteroatoms. The second-order valence-electron chi connectivity index (χ2n) is 6.59. The second kappa shape index (κ2) is 8.03. The Morgan fingerprint density at radius 3 is 2.70 bits per heavy atom. The Labute approximate surface area is 157 Å². The summed E-state index contributed by atoms with van der Waals surface area (Å²) in [5.41, 5.74) is 2.59. The van der Waals surface area contributed by atoms with Crippen LogP contribution in [0.15, 0.2) is 36.4 Å². The van der Waals surface area contributed by atoms with Crippen LogP contribution in [-0.4, -0.2) is 57.5 Å². The molecule has 1 saturated heterocycles. The molecular formula is C19H23N5O3. The Bertz CT molecular complexity index is 833. The number of nitrogens with one attached hydrogen (secondary N) is 2. The van der Waals surface area contributed by atoms with Crippen LogP contribution >= 0.6 is 0 Å². The minimum absolute atomic E-state index is 0.0546. The zero-order chi connectivity index (χ0) is 19.4. The largest absolute Gasteiger partial charge is 0.340 e. The topological polar surface area (TPSA) is 98.4 Å². The van der Waals surface area contributed by atoms with Gasteiger partial charge < -0.3 is 10.2 Å². The molecule has 3 rings (SSSR count). The number of imide groups is 1. The van der Waals surface area contributed by atoms with Crippen molar-refractivity contribution in [1.82, 2.24) is 25.3 Å². The number of urea groups is 1. The van der Waals surface area contributed by atoms with Crippen LogP contribution in [0.25, 0.3) is 11.3 Å². The van der Waals surface area contributed by atoms with Crippen molar-refractivity contribution in [2.24, 2.45) is 0 Å². The summed E-state index contributed by atoms with van der Waals surface area (Å²) in [7, 11) is 1.66. The van der Waals surface area contributed by atoms with Gasteiger partial charge >= 0.3 is 6.03 Å². The fourth-order valence-electron chi connectivity index (χ4n) is 3.02. The summed E-state index contributed by atoms with van der Waals surface area (Å²) in [6, 6.07) is 10.4. The van der Waals surface area contributed by atoms with Gasteiger partial charge in [0.2, 0.25) is 5.91 Å². The molecule has 142 valence electrons. The van der Waals surface area contributed by atoms with Crippen LogP contribution < -0.4 is 5.32 Å². The summed E-state index contributed by atoms with van der Waals surface area (Å²) >= 11 is 0. The van der Waals surface area contributed by atoms with Gasteiger partial charge in [-0.25, -0.2) is 4.79 Å². The van der Waals surface area contributed by atoms with E-state index >= 15 is 0 Å². The van der Waals surface area contributed by atoms with Gasteiger partial charge in [0, 0.05) is 19.2 Å². The third-order valence-corrected chi connectivity index (χ3v) is 4.47. The quantitative estimate of drug-likeness (QED) is 0.727.